The van der Waals surface area contributed by atoms with E-state index in [0.717, 1.165) is 30.9 Å². The Labute approximate surface area is 186 Å². The van der Waals surface area contributed by atoms with E-state index < -0.39 is 0 Å². The molecule has 1 atom stereocenters. The first-order valence-electron chi connectivity index (χ1n) is 10.7. The molecule has 2 aliphatic heterocycles. The zero-order valence-corrected chi connectivity index (χ0v) is 18.6. The number of carbonyl (C=O) groups excluding carboxylic acids is 3. The Morgan fingerprint density at radius 1 is 1.10 bits per heavy atom. The highest BCUT2D eigenvalue weighted by Gasteiger charge is 2.37. The van der Waals surface area contributed by atoms with Gasteiger partial charge in [0.15, 0.2) is 0 Å². The number of anilines is 1. The minimum absolute atomic E-state index is 0.0159. The van der Waals surface area contributed by atoms with E-state index in [1.807, 2.05) is 52.9 Å². The van der Waals surface area contributed by atoms with Crippen molar-refractivity contribution in [1.29, 1.82) is 0 Å². The molecule has 1 aromatic heterocycles. The molecule has 0 spiro atoms. The number of amides is 3. The third-order valence-electron chi connectivity index (χ3n) is 6.00. The lowest BCUT2D eigenvalue weighted by Crippen LogP contribution is -2.51. The molecule has 8 heteroatoms. The molecule has 1 N–H and O–H groups in total. The van der Waals surface area contributed by atoms with Crippen LogP contribution >= 0.6 is 11.3 Å². The van der Waals surface area contributed by atoms with Crippen molar-refractivity contribution in [3.63, 3.8) is 0 Å². The summed E-state index contributed by atoms with van der Waals surface area (Å²) < 4.78 is 0. The predicted molar refractivity (Wildman–Crippen MR) is 121 cm³/mol. The van der Waals surface area contributed by atoms with Crippen molar-refractivity contribution in [2.24, 2.45) is 5.92 Å². The quantitative estimate of drug-likeness (QED) is 0.746. The summed E-state index contributed by atoms with van der Waals surface area (Å²) in [5.74, 6) is -0.222. The summed E-state index contributed by atoms with van der Waals surface area (Å²) in [6.45, 7) is 6.70. The zero-order chi connectivity index (χ0) is 21.8. The fourth-order valence-corrected chi connectivity index (χ4v) is 4.76. The van der Waals surface area contributed by atoms with E-state index in [1.165, 1.54) is 11.3 Å². The van der Waals surface area contributed by atoms with Crippen LogP contribution in [0.1, 0.15) is 22.3 Å². The molecule has 1 unspecified atom stereocenters. The Balaban J connectivity index is 1.21. The highest BCUT2D eigenvalue weighted by atomic mass is 32.1. The maximum atomic E-state index is 13.0. The van der Waals surface area contributed by atoms with Gasteiger partial charge in [-0.25, -0.2) is 0 Å². The lowest BCUT2D eigenvalue weighted by Gasteiger charge is -2.35. The van der Waals surface area contributed by atoms with Crippen LogP contribution in [0.4, 0.5) is 5.69 Å². The van der Waals surface area contributed by atoms with Gasteiger partial charge in [-0.2, -0.15) is 11.3 Å². The summed E-state index contributed by atoms with van der Waals surface area (Å²) >= 11 is 1.51. The first-order valence-corrected chi connectivity index (χ1v) is 11.6. The number of carbonyl (C=O) groups is 3. The molecular formula is C23H28N4O3S. The van der Waals surface area contributed by atoms with Gasteiger partial charge in [-0.05, 0) is 30.5 Å². The second-order valence-electron chi connectivity index (χ2n) is 8.18. The van der Waals surface area contributed by atoms with Crippen molar-refractivity contribution in [2.75, 3.05) is 50.7 Å². The van der Waals surface area contributed by atoms with Crippen molar-refractivity contribution in [3.05, 3.63) is 52.2 Å². The number of nitrogens with zero attached hydrogens (tertiary/aromatic N) is 3. The topological polar surface area (TPSA) is 73.0 Å². The summed E-state index contributed by atoms with van der Waals surface area (Å²) in [5.41, 5.74) is 2.71. The van der Waals surface area contributed by atoms with E-state index >= 15 is 0 Å². The molecule has 2 fully saturated rings. The van der Waals surface area contributed by atoms with Crippen LogP contribution in [-0.2, 0) is 9.59 Å². The Kier molecular flexibility index (Phi) is 6.67. The number of nitrogens with one attached hydrogen (secondary N) is 1. The minimum atomic E-state index is -0.273. The Morgan fingerprint density at radius 2 is 1.84 bits per heavy atom. The number of piperazine rings is 1. The highest BCUT2D eigenvalue weighted by molar-refractivity contribution is 7.08. The largest absolute Gasteiger partial charge is 0.351 e. The van der Waals surface area contributed by atoms with E-state index in [2.05, 4.69) is 10.2 Å². The van der Waals surface area contributed by atoms with Crippen molar-refractivity contribution in [1.82, 2.24) is 15.1 Å². The first-order chi connectivity index (χ1) is 15.0. The van der Waals surface area contributed by atoms with Crippen LogP contribution in [0, 0.1) is 12.8 Å². The molecule has 4 rings (SSSR count). The minimum Gasteiger partial charge on any atom is -0.351 e. The predicted octanol–water partition coefficient (Wildman–Crippen LogP) is 1.98. The maximum absolute atomic E-state index is 13.0. The summed E-state index contributed by atoms with van der Waals surface area (Å²) in [7, 11) is 0. The third kappa shape index (κ3) is 5.14. The number of aryl methyl sites for hydroxylation is 1. The number of rotatable bonds is 6. The average molecular weight is 441 g/mol. The van der Waals surface area contributed by atoms with Gasteiger partial charge >= 0.3 is 0 Å². The first kappa shape index (κ1) is 21.5. The summed E-state index contributed by atoms with van der Waals surface area (Å²) in [6.07, 6.45) is 0.279. The Hall–Kier alpha value is -2.71. The molecule has 0 aliphatic carbocycles. The van der Waals surface area contributed by atoms with Crippen LogP contribution in [0.2, 0.25) is 0 Å². The van der Waals surface area contributed by atoms with Gasteiger partial charge in [-0.1, -0.05) is 17.7 Å². The molecular weight excluding hydrogens is 412 g/mol. The smallest absolute Gasteiger partial charge is 0.252 e. The van der Waals surface area contributed by atoms with Gasteiger partial charge in [0.25, 0.3) is 5.91 Å². The second kappa shape index (κ2) is 9.62. The van der Waals surface area contributed by atoms with E-state index in [9.17, 15) is 14.4 Å². The summed E-state index contributed by atoms with van der Waals surface area (Å²) in [6, 6.07) is 9.67. The van der Waals surface area contributed by atoms with E-state index in [4.69, 9.17) is 0 Å². The third-order valence-corrected chi connectivity index (χ3v) is 6.68. The molecule has 0 bridgehead atoms. The molecule has 2 aliphatic rings. The average Bonchev–Trinajstić information content (AvgIpc) is 3.45. The van der Waals surface area contributed by atoms with Gasteiger partial charge < -0.3 is 15.1 Å². The van der Waals surface area contributed by atoms with Gasteiger partial charge in [-0.3, -0.25) is 19.3 Å². The SMILES string of the molecule is Cc1ccc(N2CC(C(=O)N3CCN(CCNC(=O)c4ccsc4)CC3)CC2=O)cc1. The molecule has 1 aromatic carbocycles. The highest BCUT2D eigenvalue weighted by Crippen LogP contribution is 2.27. The lowest BCUT2D eigenvalue weighted by molar-refractivity contribution is -0.137. The molecule has 31 heavy (non-hydrogen) atoms. The standard InChI is InChI=1S/C23H28N4O3S/c1-17-2-4-20(5-3-17)27-15-19(14-21(27)28)23(30)26-11-9-25(10-12-26)8-7-24-22(29)18-6-13-31-16-18/h2-6,13,16,19H,7-12,14-15H2,1H3,(H,24,29). The molecule has 3 amide bonds. The van der Waals surface area contributed by atoms with Gasteiger partial charge in [-0.15, -0.1) is 0 Å². The van der Waals surface area contributed by atoms with E-state index in [-0.39, 0.29) is 30.1 Å². The lowest BCUT2D eigenvalue weighted by atomic mass is 10.1. The van der Waals surface area contributed by atoms with Gasteiger partial charge in [0.2, 0.25) is 11.8 Å². The number of hydrogen-bond acceptors (Lipinski definition) is 5. The van der Waals surface area contributed by atoms with E-state index in [0.29, 0.717) is 31.7 Å². The van der Waals surface area contributed by atoms with Gasteiger partial charge in [0.1, 0.15) is 0 Å². The molecule has 3 heterocycles. The monoisotopic (exact) mass is 440 g/mol. The molecule has 2 aromatic rings. The van der Waals surface area contributed by atoms with Crippen LogP contribution in [0.3, 0.4) is 0 Å². The normalized spacial score (nSPS) is 19.6. The van der Waals surface area contributed by atoms with Gasteiger partial charge in [0.05, 0.1) is 5.92 Å². The fourth-order valence-electron chi connectivity index (χ4n) is 4.12. The van der Waals surface area contributed by atoms with Crippen LogP contribution in [-0.4, -0.2) is 73.3 Å². The molecule has 2 saturated heterocycles. The van der Waals surface area contributed by atoms with Crippen LogP contribution in [0.25, 0.3) is 0 Å². The van der Waals surface area contributed by atoms with E-state index in [1.54, 1.807) is 4.90 Å². The van der Waals surface area contributed by atoms with Crippen LogP contribution in [0.15, 0.2) is 41.1 Å². The molecule has 164 valence electrons. The van der Waals surface area contributed by atoms with Crippen LogP contribution in [0.5, 0.6) is 0 Å². The van der Waals surface area contributed by atoms with Gasteiger partial charge in [0, 0.05) is 68.9 Å². The summed E-state index contributed by atoms with van der Waals surface area (Å²) in [4.78, 5) is 43.3. The molecule has 7 nitrogen and oxygen atoms in total. The number of thiophene rings is 1. The maximum Gasteiger partial charge on any atom is 0.252 e. The fraction of sp³-hybridized carbons (Fsp3) is 0.435. The summed E-state index contributed by atoms with van der Waals surface area (Å²) in [5, 5.41) is 6.67. The van der Waals surface area contributed by atoms with Crippen molar-refractivity contribution >= 4 is 34.7 Å². The van der Waals surface area contributed by atoms with Crippen molar-refractivity contribution in [2.45, 2.75) is 13.3 Å². The molecule has 0 radical (unpaired) electrons. The van der Waals surface area contributed by atoms with Crippen LogP contribution < -0.4 is 10.2 Å². The Bertz CT molecular complexity index is 921. The second-order valence-corrected chi connectivity index (χ2v) is 8.96. The van der Waals surface area contributed by atoms with Crippen molar-refractivity contribution in [3.8, 4) is 0 Å². The van der Waals surface area contributed by atoms with Crippen molar-refractivity contribution < 1.29 is 14.4 Å². The zero-order valence-electron chi connectivity index (χ0n) is 17.8. The number of benzene rings is 1. The number of hydrogen-bond donors (Lipinski definition) is 1. The Morgan fingerprint density at radius 3 is 2.52 bits per heavy atom. The molecule has 0 saturated carbocycles.